The lowest BCUT2D eigenvalue weighted by molar-refractivity contribution is -0.119. The predicted octanol–water partition coefficient (Wildman–Crippen LogP) is 3.69. The summed E-state index contributed by atoms with van der Waals surface area (Å²) in [5.74, 6) is -0.0816. The molecule has 94 valence electrons. The summed E-state index contributed by atoms with van der Waals surface area (Å²) in [6.45, 7) is 2.82. The Bertz CT molecular complexity index is 389. The maximum atomic E-state index is 11.4. The highest BCUT2D eigenvalue weighted by atomic mass is 79.9. The maximum Gasteiger partial charge on any atom is 0.239 e. The molecule has 17 heavy (non-hydrogen) atoms. The highest BCUT2D eigenvalue weighted by Gasteiger charge is 2.08. The van der Waals surface area contributed by atoms with E-state index < -0.39 is 0 Å². The minimum absolute atomic E-state index is 0.0816. The van der Waals surface area contributed by atoms with E-state index in [1.807, 2.05) is 6.92 Å². The van der Waals surface area contributed by atoms with E-state index in [0.717, 1.165) is 10.9 Å². The molecule has 0 radical (unpaired) electrons. The number of carbonyl (C=O) groups excluding carboxylic acids is 1. The van der Waals surface area contributed by atoms with Gasteiger partial charge in [0.1, 0.15) is 0 Å². The first kappa shape index (κ1) is 14.6. The van der Waals surface area contributed by atoms with Gasteiger partial charge < -0.3 is 10.6 Å². The van der Waals surface area contributed by atoms with Gasteiger partial charge in [0.05, 0.1) is 22.3 Å². The Hall–Kier alpha value is -0.450. The zero-order valence-electron chi connectivity index (χ0n) is 9.32. The zero-order chi connectivity index (χ0) is 12.8. The molecule has 0 aliphatic heterocycles. The molecule has 0 fully saturated rings. The molecule has 3 nitrogen and oxygen atoms in total. The van der Waals surface area contributed by atoms with Crippen molar-refractivity contribution in [1.82, 2.24) is 5.32 Å². The molecule has 0 saturated heterocycles. The van der Waals surface area contributed by atoms with Gasteiger partial charge in [0.2, 0.25) is 5.91 Å². The van der Waals surface area contributed by atoms with Crippen LogP contribution in [0.5, 0.6) is 0 Å². The standard InChI is InChI=1S/C11H13BrCl2N2O/c1-2-3-15-10(17)6-16-11-8(13)4-7(12)5-9(11)14/h4-5,16H,2-3,6H2,1H3,(H,15,17). The number of hydrogen-bond donors (Lipinski definition) is 2. The van der Waals surface area contributed by atoms with Crippen molar-refractivity contribution in [2.75, 3.05) is 18.4 Å². The van der Waals surface area contributed by atoms with Gasteiger partial charge in [-0.15, -0.1) is 0 Å². The minimum atomic E-state index is -0.0816. The number of carbonyl (C=O) groups is 1. The van der Waals surface area contributed by atoms with E-state index in [9.17, 15) is 4.79 Å². The second-order valence-corrected chi connectivity index (χ2v) is 5.18. The topological polar surface area (TPSA) is 41.1 Å². The van der Waals surface area contributed by atoms with Crippen molar-refractivity contribution in [1.29, 1.82) is 0 Å². The monoisotopic (exact) mass is 338 g/mol. The van der Waals surface area contributed by atoms with Crippen LogP contribution >= 0.6 is 39.1 Å². The van der Waals surface area contributed by atoms with E-state index in [0.29, 0.717) is 22.3 Å². The summed E-state index contributed by atoms with van der Waals surface area (Å²) in [5.41, 5.74) is 0.572. The van der Waals surface area contributed by atoms with Crippen LogP contribution in [0, 0.1) is 0 Å². The first-order chi connectivity index (χ1) is 8.04. The van der Waals surface area contributed by atoms with Gasteiger partial charge in [-0.2, -0.15) is 0 Å². The number of hydrogen-bond acceptors (Lipinski definition) is 2. The SMILES string of the molecule is CCCNC(=O)CNc1c(Cl)cc(Br)cc1Cl. The van der Waals surface area contributed by atoms with Crippen molar-refractivity contribution < 1.29 is 4.79 Å². The quantitative estimate of drug-likeness (QED) is 0.858. The Morgan fingerprint density at radius 1 is 1.35 bits per heavy atom. The van der Waals surface area contributed by atoms with Crippen molar-refractivity contribution in [3.8, 4) is 0 Å². The predicted molar refractivity (Wildman–Crippen MR) is 76.0 cm³/mol. The highest BCUT2D eigenvalue weighted by molar-refractivity contribution is 9.10. The van der Waals surface area contributed by atoms with Crippen LogP contribution in [-0.2, 0) is 4.79 Å². The van der Waals surface area contributed by atoms with Crippen LogP contribution in [0.15, 0.2) is 16.6 Å². The Kier molecular flexibility index (Phi) is 6.09. The molecule has 0 spiro atoms. The van der Waals surface area contributed by atoms with Crippen molar-refractivity contribution >= 4 is 50.7 Å². The molecule has 1 rings (SSSR count). The van der Waals surface area contributed by atoms with Gasteiger partial charge in [-0.05, 0) is 18.6 Å². The van der Waals surface area contributed by atoms with Crippen molar-refractivity contribution in [3.05, 3.63) is 26.7 Å². The molecule has 0 aliphatic rings. The summed E-state index contributed by atoms with van der Waals surface area (Å²) in [5, 5.41) is 6.64. The van der Waals surface area contributed by atoms with Gasteiger partial charge in [0, 0.05) is 11.0 Å². The molecule has 2 N–H and O–H groups in total. The van der Waals surface area contributed by atoms with Crippen LogP contribution in [0.1, 0.15) is 13.3 Å². The number of benzene rings is 1. The molecule has 0 saturated carbocycles. The number of anilines is 1. The molecule has 0 heterocycles. The average molecular weight is 340 g/mol. The van der Waals surface area contributed by atoms with E-state index in [4.69, 9.17) is 23.2 Å². The van der Waals surface area contributed by atoms with Crippen LogP contribution < -0.4 is 10.6 Å². The lowest BCUT2D eigenvalue weighted by Gasteiger charge is -2.10. The fourth-order valence-corrected chi connectivity index (χ4v) is 2.55. The third-order valence-corrected chi connectivity index (χ3v) is 3.06. The average Bonchev–Trinajstić information content (AvgIpc) is 2.24. The molecule has 6 heteroatoms. The lowest BCUT2D eigenvalue weighted by Crippen LogP contribution is -2.30. The molecule has 1 aromatic carbocycles. The largest absolute Gasteiger partial charge is 0.374 e. The van der Waals surface area contributed by atoms with Crippen LogP contribution in [0.2, 0.25) is 10.0 Å². The van der Waals surface area contributed by atoms with Gasteiger partial charge >= 0.3 is 0 Å². The molecule has 0 bridgehead atoms. The fraction of sp³-hybridized carbons (Fsp3) is 0.364. The highest BCUT2D eigenvalue weighted by Crippen LogP contribution is 2.33. The summed E-state index contributed by atoms with van der Waals surface area (Å²) in [7, 11) is 0. The first-order valence-electron chi connectivity index (χ1n) is 5.19. The van der Waals surface area contributed by atoms with Gasteiger partial charge in [-0.1, -0.05) is 46.1 Å². The summed E-state index contributed by atoms with van der Waals surface area (Å²) in [6.07, 6.45) is 0.908. The van der Waals surface area contributed by atoms with Crippen molar-refractivity contribution in [2.24, 2.45) is 0 Å². The number of nitrogens with one attached hydrogen (secondary N) is 2. The smallest absolute Gasteiger partial charge is 0.239 e. The third kappa shape index (κ3) is 4.74. The van der Waals surface area contributed by atoms with E-state index in [1.54, 1.807) is 12.1 Å². The molecule has 1 amide bonds. The summed E-state index contributed by atoms with van der Waals surface area (Å²) >= 11 is 15.3. The van der Waals surface area contributed by atoms with Crippen LogP contribution in [-0.4, -0.2) is 19.0 Å². The fourth-order valence-electron chi connectivity index (χ4n) is 1.21. The molecular formula is C11H13BrCl2N2O. The maximum absolute atomic E-state index is 11.4. The third-order valence-electron chi connectivity index (χ3n) is 2.00. The Morgan fingerprint density at radius 2 is 1.94 bits per heavy atom. The zero-order valence-corrected chi connectivity index (χ0v) is 12.4. The summed E-state index contributed by atoms with van der Waals surface area (Å²) < 4.78 is 0.800. The van der Waals surface area contributed by atoms with Crippen molar-refractivity contribution in [2.45, 2.75) is 13.3 Å². The van der Waals surface area contributed by atoms with Crippen LogP contribution in [0.4, 0.5) is 5.69 Å². The van der Waals surface area contributed by atoms with Gasteiger partial charge in [-0.3, -0.25) is 4.79 Å². The van der Waals surface area contributed by atoms with E-state index >= 15 is 0 Å². The molecular weight excluding hydrogens is 327 g/mol. The summed E-state index contributed by atoms with van der Waals surface area (Å²) in [4.78, 5) is 11.4. The van der Waals surface area contributed by atoms with Crippen LogP contribution in [0.3, 0.4) is 0 Å². The number of halogens is 3. The van der Waals surface area contributed by atoms with Gasteiger partial charge in [0.15, 0.2) is 0 Å². The van der Waals surface area contributed by atoms with E-state index in [-0.39, 0.29) is 12.5 Å². The molecule has 0 atom stereocenters. The molecule has 0 unspecified atom stereocenters. The Morgan fingerprint density at radius 3 is 2.47 bits per heavy atom. The molecule has 0 aliphatic carbocycles. The van der Waals surface area contributed by atoms with E-state index in [1.165, 1.54) is 0 Å². The number of amides is 1. The molecule has 0 aromatic heterocycles. The first-order valence-corrected chi connectivity index (χ1v) is 6.74. The lowest BCUT2D eigenvalue weighted by atomic mass is 10.3. The van der Waals surface area contributed by atoms with Crippen molar-refractivity contribution in [3.63, 3.8) is 0 Å². The Balaban J connectivity index is 2.60. The minimum Gasteiger partial charge on any atom is -0.374 e. The number of rotatable bonds is 5. The normalized spacial score (nSPS) is 10.1. The van der Waals surface area contributed by atoms with E-state index in [2.05, 4.69) is 26.6 Å². The Labute approximate surface area is 119 Å². The molecule has 1 aromatic rings. The van der Waals surface area contributed by atoms with Gasteiger partial charge in [0.25, 0.3) is 0 Å². The summed E-state index contributed by atoms with van der Waals surface area (Å²) in [6, 6.07) is 3.44. The van der Waals surface area contributed by atoms with Crippen LogP contribution in [0.25, 0.3) is 0 Å². The van der Waals surface area contributed by atoms with Gasteiger partial charge in [-0.25, -0.2) is 0 Å². The second-order valence-electron chi connectivity index (χ2n) is 3.45. The second kappa shape index (κ2) is 7.09.